The molecule has 0 aromatic heterocycles. The minimum Gasteiger partial charge on any atom is -0.482 e. The van der Waals surface area contributed by atoms with E-state index in [9.17, 15) is 9.59 Å². The van der Waals surface area contributed by atoms with Crippen molar-refractivity contribution in [1.29, 1.82) is 0 Å². The van der Waals surface area contributed by atoms with E-state index in [4.69, 9.17) is 9.47 Å². The third-order valence-electron chi connectivity index (χ3n) is 2.47. The molecule has 18 heavy (non-hydrogen) atoms. The Kier molecular flexibility index (Phi) is 3.36. The molecular formula is C12H14N2O4. The van der Waals surface area contributed by atoms with E-state index in [1.807, 2.05) is 6.92 Å². The maximum absolute atomic E-state index is 11.3. The zero-order chi connectivity index (χ0) is 13.1. The zero-order valence-corrected chi connectivity index (χ0v) is 10.2. The third-order valence-corrected chi connectivity index (χ3v) is 2.47. The largest absolute Gasteiger partial charge is 0.482 e. The van der Waals surface area contributed by atoms with E-state index in [2.05, 4.69) is 10.6 Å². The minimum absolute atomic E-state index is 0.0110. The molecule has 0 aliphatic carbocycles. The number of rotatable bonds is 2. The molecule has 6 nitrogen and oxygen atoms in total. The molecule has 0 unspecified atom stereocenters. The van der Waals surface area contributed by atoms with Gasteiger partial charge in [0.25, 0.3) is 5.91 Å². The molecule has 1 aliphatic heterocycles. The van der Waals surface area contributed by atoms with E-state index in [1.54, 1.807) is 19.1 Å². The second-order valence-corrected chi connectivity index (χ2v) is 3.85. The molecule has 0 spiro atoms. The van der Waals surface area contributed by atoms with Gasteiger partial charge >= 0.3 is 6.09 Å². The summed E-state index contributed by atoms with van der Waals surface area (Å²) in [5.41, 5.74) is 1.96. The first-order valence-corrected chi connectivity index (χ1v) is 5.61. The summed E-state index contributed by atoms with van der Waals surface area (Å²) in [6.07, 6.45) is -0.524. The topological polar surface area (TPSA) is 76.7 Å². The van der Waals surface area contributed by atoms with E-state index in [1.165, 1.54) is 0 Å². The number of hydrogen-bond acceptors (Lipinski definition) is 4. The van der Waals surface area contributed by atoms with Gasteiger partial charge in [0, 0.05) is 5.69 Å². The highest BCUT2D eigenvalue weighted by Gasteiger charge is 2.18. The Morgan fingerprint density at radius 1 is 1.56 bits per heavy atom. The first-order valence-electron chi connectivity index (χ1n) is 5.61. The minimum atomic E-state index is -0.524. The van der Waals surface area contributed by atoms with Gasteiger partial charge in [-0.2, -0.15) is 0 Å². The van der Waals surface area contributed by atoms with Crippen molar-refractivity contribution in [2.75, 3.05) is 23.8 Å². The van der Waals surface area contributed by atoms with Crippen LogP contribution < -0.4 is 15.4 Å². The van der Waals surface area contributed by atoms with Gasteiger partial charge in [-0.1, -0.05) is 0 Å². The molecule has 0 atom stereocenters. The Labute approximate surface area is 104 Å². The van der Waals surface area contributed by atoms with Crippen LogP contribution in [0.2, 0.25) is 0 Å². The van der Waals surface area contributed by atoms with Crippen LogP contribution in [0.3, 0.4) is 0 Å². The van der Waals surface area contributed by atoms with E-state index in [-0.39, 0.29) is 12.5 Å². The van der Waals surface area contributed by atoms with Gasteiger partial charge in [0.1, 0.15) is 5.75 Å². The van der Waals surface area contributed by atoms with E-state index >= 15 is 0 Å². The monoisotopic (exact) mass is 250 g/mol. The molecule has 0 saturated carbocycles. The Bertz CT molecular complexity index is 499. The van der Waals surface area contributed by atoms with Crippen molar-refractivity contribution in [2.24, 2.45) is 0 Å². The second-order valence-electron chi connectivity index (χ2n) is 3.85. The average molecular weight is 250 g/mol. The number of aryl methyl sites for hydroxylation is 1. The molecule has 0 fully saturated rings. The Balaban J connectivity index is 2.24. The standard InChI is InChI=1S/C12H14N2O4/c1-3-17-12(16)14-8-5-9-10(4-7(8)2)18-6-11(15)13-9/h4-5H,3,6H2,1-2H3,(H,13,15)(H,14,16). The van der Waals surface area contributed by atoms with Gasteiger partial charge in [-0.25, -0.2) is 4.79 Å². The quantitative estimate of drug-likeness (QED) is 0.840. The predicted octanol–water partition coefficient (Wildman–Crippen LogP) is 1.89. The van der Waals surface area contributed by atoms with Crippen molar-refractivity contribution in [3.8, 4) is 5.75 Å². The summed E-state index contributed by atoms with van der Waals surface area (Å²) in [6.45, 7) is 3.88. The normalized spacial score (nSPS) is 13.1. The number of anilines is 2. The highest BCUT2D eigenvalue weighted by molar-refractivity contribution is 5.97. The summed E-state index contributed by atoms with van der Waals surface area (Å²) < 4.78 is 10.1. The van der Waals surface area contributed by atoms with Gasteiger partial charge in [0.2, 0.25) is 0 Å². The first kappa shape index (κ1) is 12.2. The summed E-state index contributed by atoms with van der Waals surface area (Å²) in [5, 5.41) is 5.28. The van der Waals surface area contributed by atoms with Gasteiger partial charge in [-0.05, 0) is 31.5 Å². The molecule has 2 N–H and O–H groups in total. The lowest BCUT2D eigenvalue weighted by Gasteiger charge is -2.20. The molecule has 0 saturated heterocycles. The maximum atomic E-state index is 11.3. The van der Waals surface area contributed by atoms with Crippen LogP contribution in [0.1, 0.15) is 12.5 Å². The van der Waals surface area contributed by atoms with Gasteiger partial charge in [0.05, 0.1) is 12.3 Å². The van der Waals surface area contributed by atoms with Crippen LogP contribution in [0.4, 0.5) is 16.2 Å². The number of nitrogens with one attached hydrogen (secondary N) is 2. The number of carbonyl (C=O) groups is 2. The van der Waals surface area contributed by atoms with Crippen LogP contribution >= 0.6 is 0 Å². The molecule has 0 bridgehead atoms. The SMILES string of the molecule is CCOC(=O)Nc1cc2c(cc1C)OCC(=O)N2. The lowest BCUT2D eigenvalue weighted by molar-refractivity contribution is -0.118. The predicted molar refractivity (Wildman–Crippen MR) is 65.9 cm³/mol. The van der Waals surface area contributed by atoms with Crippen LogP contribution in [0.25, 0.3) is 0 Å². The van der Waals surface area contributed by atoms with Crippen molar-refractivity contribution >= 4 is 23.4 Å². The van der Waals surface area contributed by atoms with Crippen LogP contribution in [0.15, 0.2) is 12.1 Å². The Morgan fingerprint density at radius 2 is 2.33 bits per heavy atom. The molecule has 96 valence electrons. The molecular weight excluding hydrogens is 236 g/mol. The lowest BCUT2D eigenvalue weighted by Crippen LogP contribution is -2.25. The number of fused-ring (bicyclic) bond motifs is 1. The molecule has 1 aliphatic rings. The average Bonchev–Trinajstić information content (AvgIpc) is 2.31. The van der Waals surface area contributed by atoms with Crippen molar-refractivity contribution in [1.82, 2.24) is 0 Å². The molecule has 6 heteroatoms. The molecule has 1 aromatic carbocycles. The maximum Gasteiger partial charge on any atom is 0.411 e. The highest BCUT2D eigenvalue weighted by Crippen LogP contribution is 2.33. The van der Waals surface area contributed by atoms with E-state index < -0.39 is 6.09 Å². The smallest absolute Gasteiger partial charge is 0.411 e. The van der Waals surface area contributed by atoms with E-state index in [0.29, 0.717) is 23.7 Å². The number of carbonyl (C=O) groups excluding carboxylic acids is 2. The summed E-state index contributed by atoms with van der Waals surface area (Å²) in [6, 6.07) is 3.41. The molecule has 1 heterocycles. The number of benzene rings is 1. The Hall–Kier alpha value is -2.24. The third kappa shape index (κ3) is 2.53. The van der Waals surface area contributed by atoms with Crippen LogP contribution in [-0.2, 0) is 9.53 Å². The van der Waals surface area contributed by atoms with E-state index in [0.717, 1.165) is 5.56 Å². The van der Waals surface area contributed by atoms with Crippen molar-refractivity contribution in [3.05, 3.63) is 17.7 Å². The zero-order valence-electron chi connectivity index (χ0n) is 10.2. The molecule has 1 aromatic rings. The molecule has 2 amide bonds. The fraction of sp³-hybridized carbons (Fsp3) is 0.333. The first-order chi connectivity index (χ1) is 8.60. The van der Waals surface area contributed by atoms with Crippen molar-refractivity contribution in [3.63, 3.8) is 0 Å². The summed E-state index contributed by atoms with van der Waals surface area (Å²) in [7, 11) is 0. The lowest BCUT2D eigenvalue weighted by atomic mass is 10.1. The fourth-order valence-electron chi connectivity index (χ4n) is 1.64. The Morgan fingerprint density at radius 3 is 3.06 bits per heavy atom. The number of amides is 2. The second kappa shape index (κ2) is 4.95. The van der Waals surface area contributed by atoms with Gasteiger partial charge < -0.3 is 14.8 Å². The highest BCUT2D eigenvalue weighted by atomic mass is 16.5. The van der Waals surface area contributed by atoms with Crippen LogP contribution in [-0.4, -0.2) is 25.2 Å². The summed E-state index contributed by atoms with van der Waals surface area (Å²) >= 11 is 0. The van der Waals surface area contributed by atoms with Crippen molar-refractivity contribution in [2.45, 2.75) is 13.8 Å². The molecule has 2 rings (SSSR count). The summed E-state index contributed by atoms with van der Waals surface area (Å²) in [5.74, 6) is 0.384. The number of ether oxygens (including phenoxy) is 2. The van der Waals surface area contributed by atoms with Crippen molar-refractivity contribution < 1.29 is 19.1 Å². The number of hydrogen-bond donors (Lipinski definition) is 2. The summed E-state index contributed by atoms with van der Waals surface area (Å²) in [4.78, 5) is 22.5. The van der Waals surface area contributed by atoms with Crippen LogP contribution in [0, 0.1) is 6.92 Å². The molecule has 0 radical (unpaired) electrons. The van der Waals surface area contributed by atoms with Crippen LogP contribution in [0.5, 0.6) is 5.75 Å². The van der Waals surface area contributed by atoms with Gasteiger partial charge in [0.15, 0.2) is 6.61 Å². The van der Waals surface area contributed by atoms with Gasteiger partial charge in [-0.15, -0.1) is 0 Å². The van der Waals surface area contributed by atoms with Gasteiger partial charge in [-0.3, -0.25) is 10.1 Å². The fourth-order valence-corrected chi connectivity index (χ4v) is 1.64.